The number of nitrogens with one attached hydrogen (secondary N) is 1. The lowest BCUT2D eigenvalue weighted by molar-refractivity contribution is 0.265. The highest BCUT2D eigenvalue weighted by Gasteiger charge is 2.23. The highest BCUT2D eigenvalue weighted by molar-refractivity contribution is 9.10. The monoisotopic (exact) mass is 359 g/mol. The molecule has 6 heteroatoms. The van der Waals surface area contributed by atoms with E-state index in [2.05, 4.69) is 31.2 Å². The molecule has 0 saturated carbocycles. The zero-order valence-corrected chi connectivity index (χ0v) is 13.2. The van der Waals surface area contributed by atoms with E-state index in [1.54, 1.807) is 12.4 Å². The predicted molar refractivity (Wildman–Crippen MR) is 89.6 cm³/mol. The van der Waals surface area contributed by atoms with Crippen LogP contribution in [0.4, 0.5) is 10.5 Å². The summed E-state index contributed by atoms with van der Waals surface area (Å²) in [4.78, 5) is 20.9. The van der Waals surface area contributed by atoms with Crippen LogP contribution in [0.5, 0.6) is 0 Å². The number of carbonyl (C=O) groups is 1. The summed E-state index contributed by atoms with van der Waals surface area (Å²) in [5, 5.41) is 2.65. The summed E-state index contributed by atoms with van der Waals surface area (Å²) in [6, 6.07) is 11.4. The highest BCUT2D eigenvalue weighted by Crippen LogP contribution is 2.29. The second kappa shape index (κ2) is 6.24. The van der Waals surface area contributed by atoms with Crippen molar-refractivity contribution in [1.29, 1.82) is 0 Å². The number of thioether (sulfide) groups is 1. The molecule has 2 aromatic rings. The summed E-state index contributed by atoms with van der Waals surface area (Å²) in [5.74, 6) is 0.569. The van der Waals surface area contributed by atoms with Crippen LogP contribution in [0.2, 0.25) is 0 Å². The SMILES string of the molecule is O=C1NC(=Nc2cccc(Br)c2)/C(=C/c2ccncc2)S1. The van der Waals surface area contributed by atoms with Crippen molar-refractivity contribution in [3.63, 3.8) is 0 Å². The normalized spacial score (nSPS) is 18.2. The highest BCUT2D eigenvalue weighted by atomic mass is 79.9. The molecule has 0 aliphatic carbocycles. The lowest BCUT2D eigenvalue weighted by Gasteiger charge is -2.00. The fourth-order valence-electron chi connectivity index (χ4n) is 1.80. The van der Waals surface area contributed by atoms with Crippen LogP contribution in [-0.2, 0) is 0 Å². The summed E-state index contributed by atoms with van der Waals surface area (Å²) >= 11 is 4.55. The second-order valence-corrected chi connectivity index (χ2v) is 6.17. The Kier molecular flexibility index (Phi) is 4.17. The van der Waals surface area contributed by atoms with Gasteiger partial charge in [-0.3, -0.25) is 9.78 Å². The van der Waals surface area contributed by atoms with Crippen molar-refractivity contribution in [2.45, 2.75) is 0 Å². The van der Waals surface area contributed by atoms with Gasteiger partial charge in [0.2, 0.25) is 0 Å². The van der Waals surface area contributed by atoms with Crippen LogP contribution in [0.3, 0.4) is 0 Å². The third-order valence-electron chi connectivity index (χ3n) is 2.71. The zero-order chi connectivity index (χ0) is 14.7. The van der Waals surface area contributed by atoms with Crippen molar-refractivity contribution < 1.29 is 4.79 Å². The number of hydrogen-bond acceptors (Lipinski definition) is 4. The Morgan fingerprint density at radius 2 is 2.05 bits per heavy atom. The quantitative estimate of drug-likeness (QED) is 0.865. The van der Waals surface area contributed by atoms with Crippen LogP contribution in [0.25, 0.3) is 6.08 Å². The number of amides is 1. The average Bonchev–Trinajstić information content (AvgIpc) is 2.80. The molecule has 1 amide bonds. The van der Waals surface area contributed by atoms with Gasteiger partial charge in [0.25, 0.3) is 5.24 Å². The molecule has 1 aromatic carbocycles. The summed E-state index contributed by atoms with van der Waals surface area (Å²) in [5.41, 5.74) is 1.76. The van der Waals surface area contributed by atoms with E-state index in [9.17, 15) is 4.79 Å². The van der Waals surface area contributed by atoms with Crippen LogP contribution in [0, 0.1) is 0 Å². The van der Waals surface area contributed by atoms with E-state index >= 15 is 0 Å². The molecule has 1 N–H and O–H groups in total. The number of carbonyl (C=O) groups excluding carboxylic acids is 1. The molecule has 0 atom stereocenters. The molecule has 2 heterocycles. The Morgan fingerprint density at radius 3 is 2.81 bits per heavy atom. The molecule has 0 unspecified atom stereocenters. The summed E-state index contributed by atoms with van der Waals surface area (Å²) in [7, 11) is 0. The van der Waals surface area contributed by atoms with E-state index < -0.39 is 0 Å². The molecule has 0 spiro atoms. The van der Waals surface area contributed by atoms with E-state index in [0.717, 1.165) is 32.4 Å². The maximum absolute atomic E-state index is 11.6. The molecule has 21 heavy (non-hydrogen) atoms. The molecule has 4 nitrogen and oxygen atoms in total. The Hall–Kier alpha value is -1.92. The van der Waals surface area contributed by atoms with Gasteiger partial charge in [-0.15, -0.1) is 0 Å². The number of aromatic nitrogens is 1. The number of pyridine rings is 1. The van der Waals surface area contributed by atoms with Crippen LogP contribution in [-0.4, -0.2) is 16.1 Å². The third-order valence-corrected chi connectivity index (χ3v) is 4.02. The number of hydrogen-bond donors (Lipinski definition) is 1. The van der Waals surface area contributed by atoms with Gasteiger partial charge in [0, 0.05) is 16.9 Å². The first-order valence-electron chi connectivity index (χ1n) is 6.16. The third kappa shape index (κ3) is 3.59. The lowest BCUT2D eigenvalue weighted by Crippen LogP contribution is -2.18. The van der Waals surface area contributed by atoms with E-state index in [1.807, 2.05) is 42.5 Å². The van der Waals surface area contributed by atoms with E-state index in [4.69, 9.17) is 0 Å². The van der Waals surface area contributed by atoms with Gasteiger partial charge in [0.1, 0.15) is 5.84 Å². The Labute approximate surface area is 134 Å². The molecule has 0 bridgehead atoms. The Bertz CT molecular complexity index is 744. The van der Waals surface area contributed by atoms with Gasteiger partial charge in [0.15, 0.2) is 0 Å². The maximum Gasteiger partial charge on any atom is 0.289 e. The van der Waals surface area contributed by atoms with Crippen molar-refractivity contribution in [2.75, 3.05) is 0 Å². The van der Waals surface area contributed by atoms with Gasteiger partial charge in [-0.05, 0) is 53.7 Å². The van der Waals surface area contributed by atoms with E-state index in [0.29, 0.717) is 5.84 Å². The summed E-state index contributed by atoms with van der Waals surface area (Å²) < 4.78 is 0.945. The molecular formula is C15H10BrN3OS. The minimum absolute atomic E-state index is 0.121. The Balaban J connectivity index is 1.96. The van der Waals surface area contributed by atoms with E-state index in [-0.39, 0.29) is 5.24 Å². The molecule has 1 fully saturated rings. The van der Waals surface area contributed by atoms with Crippen molar-refractivity contribution in [3.05, 3.63) is 63.7 Å². The standard InChI is InChI=1S/C15H10BrN3OS/c16-11-2-1-3-12(9-11)18-14-13(21-15(20)19-14)8-10-4-6-17-7-5-10/h1-9H,(H,18,19,20)/b13-8-. The van der Waals surface area contributed by atoms with Crippen molar-refractivity contribution in [3.8, 4) is 0 Å². The number of nitrogens with zero attached hydrogens (tertiary/aromatic N) is 2. The lowest BCUT2D eigenvalue weighted by atomic mass is 10.2. The van der Waals surface area contributed by atoms with E-state index in [1.165, 1.54) is 0 Å². The minimum Gasteiger partial charge on any atom is -0.300 e. The number of benzene rings is 1. The van der Waals surface area contributed by atoms with Gasteiger partial charge in [-0.25, -0.2) is 4.99 Å². The number of halogens is 1. The molecule has 104 valence electrons. The van der Waals surface area contributed by atoms with Gasteiger partial charge < -0.3 is 5.32 Å². The first kappa shape index (κ1) is 14.0. The van der Waals surface area contributed by atoms with Crippen LogP contribution >= 0.6 is 27.7 Å². The molecule has 1 aliphatic heterocycles. The van der Waals surface area contributed by atoms with Gasteiger partial charge in [-0.1, -0.05) is 22.0 Å². The smallest absolute Gasteiger partial charge is 0.289 e. The number of rotatable bonds is 2. The largest absolute Gasteiger partial charge is 0.300 e. The summed E-state index contributed by atoms with van der Waals surface area (Å²) in [6.07, 6.45) is 5.35. The Morgan fingerprint density at radius 1 is 1.24 bits per heavy atom. The van der Waals surface area contributed by atoms with Crippen molar-refractivity contribution in [2.24, 2.45) is 4.99 Å². The first-order valence-corrected chi connectivity index (χ1v) is 7.77. The molecule has 1 saturated heterocycles. The molecule has 1 aliphatic rings. The second-order valence-electron chi connectivity index (χ2n) is 4.24. The first-order chi connectivity index (χ1) is 10.2. The minimum atomic E-state index is -0.121. The van der Waals surface area contributed by atoms with Gasteiger partial charge in [-0.2, -0.15) is 0 Å². The van der Waals surface area contributed by atoms with Gasteiger partial charge >= 0.3 is 0 Å². The van der Waals surface area contributed by atoms with Crippen molar-refractivity contribution in [1.82, 2.24) is 10.3 Å². The maximum atomic E-state index is 11.6. The fraction of sp³-hybridized carbons (Fsp3) is 0. The molecule has 3 rings (SSSR count). The van der Waals surface area contributed by atoms with Gasteiger partial charge in [0.05, 0.1) is 10.6 Å². The van der Waals surface area contributed by atoms with Crippen LogP contribution < -0.4 is 5.32 Å². The molecule has 1 aromatic heterocycles. The summed E-state index contributed by atoms with van der Waals surface area (Å²) in [6.45, 7) is 0. The molecule has 0 radical (unpaired) electrons. The van der Waals surface area contributed by atoms with Crippen molar-refractivity contribution >= 4 is 50.5 Å². The topological polar surface area (TPSA) is 54.4 Å². The van der Waals surface area contributed by atoms with Crippen LogP contribution in [0.1, 0.15) is 5.56 Å². The fourth-order valence-corrected chi connectivity index (χ4v) is 2.92. The number of aliphatic imine (C=N–C) groups is 1. The molecular weight excluding hydrogens is 350 g/mol. The average molecular weight is 360 g/mol. The zero-order valence-electron chi connectivity index (χ0n) is 10.8. The van der Waals surface area contributed by atoms with Crippen LogP contribution in [0.15, 0.2) is 63.2 Å². The predicted octanol–water partition coefficient (Wildman–Crippen LogP) is 4.37. The number of amidine groups is 1.